The Morgan fingerprint density at radius 1 is 1.50 bits per heavy atom. The minimum atomic E-state index is -0.663. The average Bonchev–Trinajstić information content (AvgIpc) is 2.52. The second-order valence-corrected chi connectivity index (χ2v) is 7.19. The summed E-state index contributed by atoms with van der Waals surface area (Å²) in [7, 11) is -0.663. The summed E-state index contributed by atoms with van der Waals surface area (Å²) in [6, 6.07) is 2.66. The van der Waals surface area contributed by atoms with Gasteiger partial charge in [-0.25, -0.2) is 0 Å². The third kappa shape index (κ3) is 4.36. The van der Waals surface area contributed by atoms with Crippen LogP contribution in [0.2, 0.25) is 0 Å². The minimum absolute atomic E-state index is 0.398. The van der Waals surface area contributed by atoms with Crippen LogP contribution in [0.15, 0.2) is 6.07 Å². The molecule has 1 N–H and O–H groups in total. The summed E-state index contributed by atoms with van der Waals surface area (Å²) >= 11 is 1.85. The lowest BCUT2D eigenvalue weighted by atomic mass is 10.1. The van der Waals surface area contributed by atoms with Crippen molar-refractivity contribution in [3.8, 4) is 0 Å². The number of hydrogen-bond acceptors (Lipinski definition) is 3. The van der Waals surface area contributed by atoms with Gasteiger partial charge in [-0.1, -0.05) is 0 Å². The van der Waals surface area contributed by atoms with E-state index in [1.54, 1.807) is 6.26 Å². The van der Waals surface area contributed by atoms with E-state index in [2.05, 4.69) is 32.2 Å². The molecule has 0 aliphatic carbocycles. The molecule has 0 radical (unpaired) electrons. The monoisotopic (exact) mass is 259 g/mol. The maximum atomic E-state index is 10.9. The Kier molecular flexibility index (Phi) is 5.66. The zero-order valence-corrected chi connectivity index (χ0v) is 12.1. The predicted molar refractivity (Wildman–Crippen MR) is 73.8 cm³/mol. The van der Waals surface area contributed by atoms with E-state index in [0.29, 0.717) is 6.04 Å². The van der Waals surface area contributed by atoms with Crippen molar-refractivity contribution in [1.82, 2.24) is 5.32 Å². The largest absolute Gasteiger partial charge is 0.310 e. The molecule has 0 aromatic carbocycles. The Bertz CT molecular complexity index is 360. The van der Waals surface area contributed by atoms with Gasteiger partial charge in [-0.05, 0) is 45.4 Å². The maximum Gasteiger partial charge on any atom is 0.0302 e. The highest BCUT2D eigenvalue weighted by molar-refractivity contribution is 7.84. The molecule has 0 saturated carbocycles. The molecular formula is C12H21NOS2. The van der Waals surface area contributed by atoms with Crippen molar-refractivity contribution in [2.75, 3.05) is 18.6 Å². The van der Waals surface area contributed by atoms with Crippen LogP contribution < -0.4 is 5.32 Å². The topological polar surface area (TPSA) is 29.1 Å². The van der Waals surface area contributed by atoms with Gasteiger partial charge < -0.3 is 5.32 Å². The molecule has 16 heavy (non-hydrogen) atoms. The molecule has 0 spiro atoms. The highest BCUT2D eigenvalue weighted by atomic mass is 32.2. The molecule has 0 aliphatic rings. The normalized spacial score (nSPS) is 15.0. The molecule has 1 aromatic rings. The van der Waals surface area contributed by atoms with Gasteiger partial charge in [0.25, 0.3) is 0 Å². The SMILES string of the molecule is Cc1cc(C(C)NCCCS(C)=O)c(C)s1. The fourth-order valence-corrected chi connectivity index (χ4v) is 3.36. The third-order valence-corrected chi connectivity index (χ3v) is 4.45. The highest BCUT2D eigenvalue weighted by Crippen LogP contribution is 2.25. The van der Waals surface area contributed by atoms with Gasteiger partial charge in [0, 0.05) is 38.6 Å². The van der Waals surface area contributed by atoms with E-state index in [9.17, 15) is 4.21 Å². The second kappa shape index (κ2) is 6.52. The number of nitrogens with one attached hydrogen (secondary N) is 1. The van der Waals surface area contributed by atoms with Gasteiger partial charge in [-0.3, -0.25) is 4.21 Å². The van der Waals surface area contributed by atoms with Crippen molar-refractivity contribution in [3.05, 3.63) is 21.4 Å². The first-order valence-electron chi connectivity index (χ1n) is 5.61. The molecule has 4 heteroatoms. The van der Waals surface area contributed by atoms with E-state index in [0.717, 1.165) is 18.7 Å². The summed E-state index contributed by atoms with van der Waals surface area (Å²) in [6.07, 6.45) is 2.74. The van der Waals surface area contributed by atoms with Crippen molar-refractivity contribution in [2.45, 2.75) is 33.2 Å². The second-order valence-electron chi connectivity index (χ2n) is 4.18. The van der Waals surface area contributed by atoms with Gasteiger partial charge in [0.05, 0.1) is 0 Å². The van der Waals surface area contributed by atoms with Gasteiger partial charge in [0.15, 0.2) is 0 Å². The zero-order chi connectivity index (χ0) is 12.1. The van der Waals surface area contributed by atoms with E-state index < -0.39 is 10.8 Å². The number of thiophene rings is 1. The molecule has 2 nitrogen and oxygen atoms in total. The molecule has 1 aromatic heterocycles. The molecule has 0 saturated heterocycles. The molecule has 1 rings (SSSR count). The van der Waals surface area contributed by atoms with Crippen LogP contribution >= 0.6 is 11.3 Å². The van der Waals surface area contributed by atoms with Gasteiger partial charge in [-0.15, -0.1) is 11.3 Å². The Hall–Kier alpha value is -0.190. The van der Waals surface area contributed by atoms with Crippen LogP contribution in [0.4, 0.5) is 0 Å². The van der Waals surface area contributed by atoms with Crippen LogP contribution in [0.25, 0.3) is 0 Å². The maximum absolute atomic E-state index is 10.9. The molecule has 0 fully saturated rings. The average molecular weight is 259 g/mol. The lowest BCUT2D eigenvalue weighted by Crippen LogP contribution is -2.21. The van der Waals surface area contributed by atoms with E-state index >= 15 is 0 Å². The lowest BCUT2D eigenvalue weighted by Gasteiger charge is -2.13. The number of rotatable bonds is 6. The summed E-state index contributed by atoms with van der Waals surface area (Å²) in [6.45, 7) is 7.45. The molecule has 2 atom stereocenters. The Morgan fingerprint density at radius 3 is 2.69 bits per heavy atom. The Morgan fingerprint density at radius 2 is 2.19 bits per heavy atom. The van der Waals surface area contributed by atoms with Crippen LogP contribution in [0.5, 0.6) is 0 Å². The third-order valence-electron chi connectivity index (χ3n) is 2.60. The van der Waals surface area contributed by atoms with Crippen LogP contribution in [-0.4, -0.2) is 22.8 Å². The summed E-state index contributed by atoms with van der Waals surface area (Å²) in [5.41, 5.74) is 1.40. The standard InChI is InChI=1S/C12H21NOS2/c1-9-8-12(11(3)15-9)10(2)13-6-5-7-16(4)14/h8,10,13H,5-7H2,1-4H3. The molecule has 1 heterocycles. The van der Waals surface area contributed by atoms with Gasteiger partial charge >= 0.3 is 0 Å². The summed E-state index contributed by atoms with van der Waals surface area (Å²) in [5.74, 6) is 0.793. The fraction of sp³-hybridized carbons (Fsp3) is 0.667. The van der Waals surface area contributed by atoms with Gasteiger partial charge in [0.2, 0.25) is 0 Å². The van der Waals surface area contributed by atoms with E-state index in [1.165, 1.54) is 15.3 Å². The summed E-state index contributed by atoms with van der Waals surface area (Å²) in [4.78, 5) is 2.77. The van der Waals surface area contributed by atoms with Crippen LogP contribution in [-0.2, 0) is 10.8 Å². The van der Waals surface area contributed by atoms with Crippen LogP contribution in [0.1, 0.15) is 34.7 Å². The molecule has 0 bridgehead atoms. The van der Waals surface area contributed by atoms with Gasteiger partial charge in [0.1, 0.15) is 0 Å². The molecule has 0 amide bonds. The minimum Gasteiger partial charge on any atom is -0.310 e. The Balaban J connectivity index is 2.38. The lowest BCUT2D eigenvalue weighted by molar-refractivity contribution is 0.570. The molecule has 2 unspecified atom stereocenters. The Labute approximate surface area is 105 Å². The van der Waals surface area contributed by atoms with Crippen molar-refractivity contribution in [1.29, 1.82) is 0 Å². The number of aryl methyl sites for hydroxylation is 2. The first-order valence-corrected chi connectivity index (χ1v) is 8.15. The van der Waals surface area contributed by atoms with E-state index in [4.69, 9.17) is 0 Å². The molecule has 92 valence electrons. The van der Waals surface area contributed by atoms with E-state index in [1.807, 2.05) is 11.3 Å². The number of hydrogen-bond donors (Lipinski definition) is 1. The fourth-order valence-electron chi connectivity index (χ4n) is 1.78. The molecular weight excluding hydrogens is 238 g/mol. The van der Waals surface area contributed by atoms with Crippen molar-refractivity contribution >= 4 is 22.1 Å². The van der Waals surface area contributed by atoms with E-state index in [-0.39, 0.29) is 0 Å². The highest BCUT2D eigenvalue weighted by Gasteiger charge is 2.10. The summed E-state index contributed by atoms with van der Waals surface area (Å²) in [5, 5.41) is 3.48. The van der Waals surface area contributed by atoms with Crippen LogP contribution in [0.3, 0.4) is 0 Å². The first kappa shape index (κ1) is 13.9. The quantitative estimate of drug-likeness (QED) is 0.796. The smallest absolute Gasteiger partial charge is 0.0302 e. The predicted octanol–water partition coefficient (Wildman–Crippen LogP) is 2.78. The van der Waals surface area contributed by atoms with Crippen molar-refractivity contribution < 1.29 is 4.21 Å². The molecule has 0 aliphatic heterocycles. The van der Waals surface area contributed by atoms with Gasteiger partial charge in [-0.2, -0.15) is 0 Å². The first-order chi connectivity index (χ1) is 7.50. The summed E-state index contributed by atoms with van der Waals surface area (Å²) < 4.78 is 10.9. The zero-order valence-electron chi connectivity index (χ0n) is 10.5. The van der Waals surface area contributed by atoms with Crippen molar-refractivity contribution in [3.63, 3.8) is 0 Å². The van der Waals surface area contributed by atoms with Crippen molar-refractivity contribution in [2.24, 2.45) is 0 Å². The van der Waals surface area contributed by atoms with Crippen LogP contribution in [0, 0.1) is 13.8 Å².